The third-order valence-electron chi connectivity index (χ3n) is 2.64. The van der Waals surface area contributed by atoms with E-state index in [0.717, 1.165) is 19.4 Å². The fourth-order valence-electron chi connectivity index (χ4n) is 1.37. The largest absolute Gasteiger partial charge is 0.390 e. The molecule has 0 aromatic heterocycles. The summed E-state index contributed by atoms with van der Waals surface area (Å²) >= 11 is 0. The minimum Gasteiger partial charge on any atom is -0.390 e. The molecule has 0 radical (unpaired) electrons. The number of rotatable bonds is 5. The quantitative estimate of drug-likeness (QED) is 0.704. The molecule has 3 atom stereocenters. The van der Waals surface area contributed by atoms with Gasteiger partial charge in [0.05, 0.1) is 25.4 Å². The van der Waals surface area contributed by atoms with Gasteiger partial charge in [-0.05, 0) is 19.8 Å². The molecule has 78 valence electrons. The maximum absolute atomic E-state index is 9.69. The Bertz CT molecular complexity index is 132. The second-order valence-corrected chi connectivity index (χ2v) is 3.74. The van der Waals surface area contributed by atoms with E-state index in [1.54, 1.807) is 0 Å². The fourth-order valence-corrected chi connectivity index (χ4v) is 1.37. The zero-order chi connectivity index (χ0) is 9.68. The summed E-state index contributed by atoms with van der Waals surface area (Å²) in [6.07, 6.45) is 1.85. The Hall–Kier alpha value is -0.120. The lowest BCUT2D eigenvalue weighted by molar-refractivity contribution is -0.0274. The van der Waals surface area contributed by atoms with E-state index >= 15 is 0 Å². The molecule has 0 aromatic rings. The number of ether oxygens (including phenoxy) is 2. The SMILES string of the molecule is CCC(C)OCC(O)C1CCOC1. The summed E-state index contributed by atoms with van der Waals surface area (Å²) < 4.78 is 10.7. The lowest BCUT2D eigenvalue weighted by Gasteiger charge is -2.18. The third kappa shape index (κ3) is 3.63. The van der Waals surface area contributed by atoms with Crippen LogP contribution in [0.3, 0.4) is 0 Å². The highest BCUT2D eigenvalue weighted by molar-refractivity contribution is 4.72. The third-order valence-corrected chi connectivity index (χ3v) is 2.64. The van der Waals surface area contributed by atoms with Crippen molar-refractivity contribution in [2.75, 3.05) is 19.8 Å². The molecule has 0 spiro atoms. The predicted octanol–water partition coefficient (Wildman–Crippen LogP) is 1.20. The Morgan fingerprint density at radius 2 is 2.38 bits per heavy atom. The van der Waals surface area contributed by atoms with Crippen LogP contribution < -0.4 is 0 Å². The molecule has 1 fully saturated rings. The van der Waals surface area contributed by atoms with Crippen molar-refractivity contribution in [2.24, 2.45) is 5.92 Å². The van der Waals surface area contributed by atoms with Gasteiger partial charge < -0.3 is 14.6 Å². The topological polar surface area (TPSA) is 38.7 Å². The molecule has 0 aromatic carbocycles. The van der Waals surface area contributed by atoms with Crippen molar-refractivity contribution in [1.29, 1.82) is 0 Å². The standard InChI is InChI=1S/C10H20O3/c1-3-8(2)13-7-10(11)9-4-5-12-6-9/h8-11H,3-7H2,1-2H3. The van der Waals surface area contributed by atoms with Crippen LogP contribution in [0.2, 0.25) is 0 Å². The summed E-state index contributed by atoms with van der Waals surface area (Å²) in [5.41, 5.74) is 0. The first kappa shape index (κ1) is 11.0. The highest BCUT2D eigenvalue weighted by Crippen LogP contribution is 2.17. The second-order valence-electron chi connectivity index (χ2n) is 3.74. The van der Waals surface area contributed by atoms with Crippen LogP contribution in [0.15, 0.2) is 0 Å². The summed E-state index contributed by atoms with van der Waals surface area (Å²) in [5, 5.41) is 9.69. The van der Waals surface area contributed by atoms with E-state index in [1.807, 2.05) is 6.92 Å². The summed E-state index contributed by atoms with van der Waals surface area (Å²) in [6, 6.07) is 0. The van der Waals surface area contributed by atoms with Crippen LogP contribution in [0.1, 0.15) is 26.7 Å². The lowest BCUT2D eigenvalue weighted by atomic mass is 10.0. The molecular formula is C10H20O3. The molecular weight excluding hydrogens is 168 g/mol. The zero-order valence-corrected chi connectivity index (χ0v) is 8.53. The molecule has 0 saturated carbocycles. The van der Waals surface area contributed by atoms with Gasteiger partial charge in [-0.2, -0.15) is 0 Å². The van der Waals surface area contributed by atoms with Crippen molar-refractivity contribution < 1.29 is 14.6 Å². The van der Waals surface area contributed by atoms with Gasteiger partial charge in [-0.3, -0.25) is 0 Å². The van der Waals surface area contributed by atoms with Crippen molar-refractivity contribution >= 4 is 0 Å². The number of hydrogen-bond donors (Lipinski definition) is 1. The molecule has 1 N–H and O–H groups in total. The molecule has 0 aliphatic carbocycles. The summed E-state index contributed by atoms with van der Waals surface area (Å²) in [6.45, 7) is 6.02. The van der Waals surface area contributed by atoms with Crippen molar-refractivity contribution in [3.63, 3.8) is 0 Å². The number of aliphatic hydroxyl groups is 1. The van der Waals surface area contributed by atoms with Crippen LogP contribution in [0.5, 0.6) is 0 Å². The maximum Gasteiger partial charge on any atom is 0.0824 e. The molecule has 1 heterocycles. The van der Waals surface area contributed by atoms with Gasteiger partial charge in [0, 0.05) is 12.5 Å². The van der Waals surface area contributed by atoms with Gasteiger partial charge in [-0.25, -0.2) is 0 Å². The molecule has 3 nitrogen and oxygen atoms in total. The first-order chi connectivity index (χ1) is 6.24. The van der Waals surface area contributed by atoms with Gasteiger partial charge in [-0.1, -0.05) is 6.92 Å². The van der Waals surface area contributed by atoms with E-state index in [2.05, 4.69) is 6.92 Å². The van der Waals surface area contributed by atoms with E-state index in [9.17, 15) is 5.11 Å². The van der Waals surface area contributed by atoms with Crippen molar-refractivity contribution in [3.05, 3.63) is 0 Å². The highest BCUT2D eigenvalue weighted by Gasteiger charge is 2.24. The van der Waals surface area contributed by atoms with Crippen molar-refractivity contribution in [2.45, 2.75) is 38.9 Å². The first-order valence-electron chi connectivity index (χ1n) is 5.11. The van der Waals surface area contributed by atoms with Crippen LogP contribution in [0, 0.1) is 5.92 Å². The zero-order valence-electron chi connectivity index (χ0n) is 8.53. The van der Waals surface area contributed by atoms with Crippen molar-refractivity contribution in [1.82, 2.24) is 0 Å². The van der Waals surface area contributed by atoms with Crippen LogP contribution in [0.25, 0.3) is 0 Å². The minimum atomic E-state index is -0.350. The van der Waals surface area contributed by atoms with Gasteiger partial charge >= 0.3 is 0 Å². The predicted molar refractivity (Wildman–Crippen MR) is 50.6 cm³/mol. The molecule has 1 saturated heterocycles. The number of aliphatic hydroxyl groups excluding tert-OH is 1. The van der Waals surface area contributed by atoms with E-state index in [-0.39, 0.29) is 18.1 Å². The van der Waals surface area contributed by atoms with Crippen LogP contribution in [-0.2, 0) is 9.47 Å². The van der Waals surface area contributed by atoms with Gasteiger partial charge in [-0.15, -0.1) is 0 Å². The average molecular weight is 188 g/mol. The molecule has 0 bridgehead atoms. The van der Waals surface area contributed by atoms with Gasteiger partial charge in [0.15, 0.2) is 0 Å². The molecule has 0 amide bonds. The molecule has 1 aliphatic heterocycles. The summed E-state index contributed by atoms with van der Waals surface area (Å²) in [5.74, 6) is 0.282. The fraction of sp³-hybridized carbons (Fsp3) is 1.00. The van der Waals surface area contributed by atoms with Crippen molar-refractivity contribution in [3.8, 4) is 0 Å². The Balaban J connectivity index is 2.12. The smallest absolute Gasteiger partial charge is 0.0824 e. The van der Waals surface area contributed by atoms with Crippen LogP contribution in [-0.4, -0.2) is 37.1 Å². The molecule has 13 heavy (non-hydrogen) atoms. The van der Waals surface area contributed by atoms with Gasteiger partial charge in [0.2, 0.25) is 0 Å². The summed E-state index contributed by atoms with van der Waals surface area (Å²) in [4.78, 5) is 0. The average Bonchev–Trinajstić information content (AvgIpc) is 2.66. The maximum atomic E-state index is 9.69. The Morgan fingerprint density at radius 3 is 2.92 bits per heavy atom. The number of hydrogen-bond acceptors (Lipinski definition) is 3. The van der Waals surface area contributed by atoms with E-state index < -0.39 is 0 Å². The minimum absolute atomic E-state index is 0.247. The Kier molecular flexibility index (Phi) is 4.70. The molecule has 3 unspecified atom stereocenters. The summed E-state index contributed by atoms with van der Waals surface area (Å²) in [7, 11) is 0. The monoisotopic (exact) mass is 188 g/mol. The van der Waals surface area contributed by atoms with Gasteiger partial charge in [0.1, 0.15) is 0 Å². The van der Waals surface area contributed by atoms with E-state index in [1.165, 1.54) is 0 Å². The van der Waals surface area contributed by atoms with E-state index in [0.29, 0.717) is 13.2 Å². The molecule has 1 rings (SSSR count). The lowest BCUT2D eigenvalue weighted by Crippen LogP contribution is -2.27. The highest BCUT2D eigenvalue weighted by atomic mass is 16.5. The molecule has 1 aliphatic rings. The first-order valence-corrected chi connectivity index (χ1v) is 5.11. The van der Waals surface area contributed by atoms with Crippen LogP contribution >= 0.6 is 0 Å². The second kappa shape index (κ2) is 5.58. The Labute approximate surface area is 80.0 Å². The van der Waals surface area contributed by atoms with E-state index in [4.69, 9.17) is 9.47 Å². The van der Waals surface area contributed by atoms with Gasteiger partial charge in [0.25, 0.3) is 0 Å². The Morgan fingerprint density at radius 1 is 1.62 bits per heavy atom. The van der Waals surface area contributed by atoms with Crippen LogP contribution in [0.4, 0.5) is 0 Å². The normalized spacial score (nSPS) is 27.5. The molecule has 3 heteroatoms.